The van der Waals surface area contributed by atoms with Crippen LogP contribution in [0.5, 0.6) is 5.75 Å². The fraction of sp³-hybridized carbons (Fsp3) is 0.375. The third-order valence-corrected chi connectivity index (χ3v) is 2.93. The van der Waals surface area contributed by atoms with Crippen molar-refractivity contribution in [1.29, 1.82) is 0 Å². The fourth-order valence-electron chi connectivity index (χ4n) is 1.08. The van der Waals surface area contributed by atoms with E-state index in [4.69, 9.17) is 5.73 Å². The highest BCUT2D eigenvalue weighted by Gasteiger charge is 2.34. The first kappa shape index (κ1) is 14.4. The van der Waals surface area contributed by atoms with Gasteiger partial charge in [-0.25, -0.2) is 8.78 Å². The van der Waals surface area contributed by atoms with Gasteiger partial charge in [-0.2, -0.15) is 0 Å². The Bertz CT molecular complexity index is 410. The number of halogens is 6. The Morgan fingerprint density at radius 1 is 1.41 bits per heavy atom. The minimum absolute atomic E-state index is 0.0930. The molecule has 0 saturated heterocycles. The van der Waals surface area contributed by atoms with Gasteiger partial charge in [-0.15, -0.1) is 13.2 Å². The van der Waals surface area contributed by atoms with Crippen molar-refractivity contribution in [2.75, 3.05) is 0 Å². The summed E-state index contributed by atoms with van der Waals surface area (Å²) in [7, 11) is 0. The van der Waals surface area contributed by atoms with Gasteiger partial charge in [-0.1, -0.05) is 0 Å². The Morgan fingerprint density at radius 2 is 2.00 bits per heavy atom. The molecule has 0 aliphatic heterocycles. The molecule has 1 aromatic heterocycles. The molecule has 0 saturated carbocycles. The van der Waals surface area contributed by atoms with E-state index in [1.54, 1.807) is 0 Å². The van der Waals surface area contributed by atoms with E-state index in [0.717, 1.165) is 0 Å². The van der Waals surface area contributed by atoms with E-state index in [1.807, 2.05) is 0 Å². The maximum atomic E-state index is 12.7. The van der Waals surface area contributed by atoms with Crippen LogP contribution >= 0.6 is 22.6 Å². The summed E-state index contributed by atoms with van der Waals surface area (Å²) in [5.74, 6) is -1.01. The van der Waals surface area contributed by atoms with Crippen LogP contribution in [0.2, 0.25) is 0 Å². The van der Waals surface area contributed by atoms with Crippen molar-refractivity contribution in [3.8, 4) is 5.75 Å². The molecule has 1 aromatic rings. The number of pyridine rings is 1. The second-order valence-corrected chi connectivity index (χ2v) is 3.93. The molecule has 0 bridgehead atoms. The highest BCUT2D eigenvalue weighted by molar-refractivity contribution is 14.1. The van der Waals surface area contributed by atoms with Crippen LogP contribution in [0.15, 0.2) is 6.20 Å². The van der Waals surface area contributed by atoms with Crippen LogP contribution in [-0.2, 0) is 6.54 Å². The first-order valence-corrected chi connectivity index (χ1v) is 5.25. The highest BCUT2D eigenvalue weighted by atomic mass is 127. The van der Waals surface area contributed by atoms with E-state index in [2.05, 4.69) is 9.72 Å². The number of rotatable bonds is 3. The number of hydrogen-bond acceptors (Lipinski definition) is 3. The van der Waals surface area contributed by atoms with Crippen LogP contribution in [-0.4, -0.2) is 11.3 Å². The van der Waals surface area contributed by atoms with E-state index in [9.17, 15) is 22.0 Å². The van der Waals surface area contributed by atoms with Gasteiger partial charge in [0.15, 0.2) is 5.75 Å². The lowest BCUT2D eigenvalue weighted by Crippen LogP contribution is -2.19. The van der Waals surface area contributed by atoms with E-state index in [1.165, 1.54) is 22.6 Å². The number of alkyl halides is 5. The molecule has 1 heterocycles. The molecule has 0 aliphatic rings. The van der Waals surface area contributed by atoms with Crippen molar-refractivity contribution in [1.82, 2.24) is 4.98 Å². The standard InChI is InChI=1S/C8H6F5IN2O/c9-7(10)5-4(17-8(11,12)13)2-16-3(1-15)6(5)14/h2,7H,1,15H2. The summed E-state index contributed by atoms with van der Waals surface area (Å²) in [4.78, 5) is 3.53. The van der Waals surface area contributed by atoms with Gasteiger partial charge in [0.05, 0.1) is 17.5 Å². The molecule has 0 fully saturated rings. The first-order valence-electron chi connectivity index (χ1n) is 4.17. The van der Waals surface area contributed by atoms with E-state index in [-0.39, 0.29) is 15.8 Å². The highest BCUT2D eigenvalue weighted by Crippen LogP contribution is 2.36. The Labute approximate surface area is 106 Å². The number of hydrogen-bond donors (Lipinski definition) is 1. The zero-order valence-electron chi connectivity index (χ0n) is 8.06. The van der Waals surface area contributed by atoms with Crippen LogP contribution < -0.4 is 10.5 Å². The maximum Gasteiger partial charge on any atom is 0.573 e. The summed E-state index contributed by atoms with van der Waals surface area (Å²) in [6.07, 6.45) is -7.55. The van der Waals surface area contributed by atoms with Gasteiger partial charge in [0.1, 0.15) is 0 Å². The van der Waals surface area contributed by atoms with Gasteiger partial charge in [0.2, 0.25) is 0 Å². The monoisotopic (exact) mass is 368 g/mol. The molecule has 96 valence electrons. The molecule has 0 aliphatic carbocycles. The number of ether oxygens (including phenoxy) is 1. The first-order chi connectivity index (χ1) is 7.76. The third-order valence-electron chi connectivity index (χ3n) is 1.73. The van der Waals surface area contributed by atoms with Crippen LogP contribution in [0.25, 0.3) is 0 Å². The average Bonchev–Trinajstić information content (AvgIpc) is 2.14. The van der Waals surface area contributed by atoms with E-state index < -0.39 is 24.1 Å². The molecule has 0 atom stereocenters. The van der Waals surface area contributed by atoms with Gasteiger partial charge in [0.25, 0.3) is 6.43 Å². The van der Waals surface area contributed by atoms with Crippen LogP contribution in [0.1, 0.15) is 17.7 Å². The summed E-state index contributed by atoms with van der Waals surface area (Å²) in [5, 5.41) is 0. The van der Waals surface area contributed by atoms with Crippen LogP contribution in [0.3, 0.4) is 0 Å². The second kappa shape index (κ2) is 5.29. The lowest BCUT2D eigenvalue weighted by molar-refractivity contribution is -0.275. The lowest BCUT2D eigenvalue weighted by Gasteiger charge is -2.15. The Balaban J connectivity index is 3.27. The van der Waals surface area contributed by atoms with Crippen molar-refractivity contribution < 1.29 is 26.7 Å². The van der Waals surface area contributed by atoms with Gasteiger partial charge >= 0.3 is 6.36 Å². The van der Waals surface area contributed by atoms with Crippen LogP contribution in [0.4, 0.5) is 22.0 Å². The molecule has 0 amide bonds. The fourth-order valence-corrected chi connectivity index (χ4v) is 1.94. The SMILES string of the molecule is NCc1ncc(OC(F)(F)F)c(C(F)F)c1I. The number of nitrogens with two attached hydrogens (primary N) is 1. The minimum atomic E-state index is -5.04. The largest absolute Gasteiger partial charge is 0.573 e. The molecule has 3 nitrogen and oxygen atoms in total. The van der Waals surface area contributed by atoms with E-state index in [0.29, 0.717) is 6.20 Å². The van der Waals surface area contributed by atoms with Gasteiger partial charge in [-0.05, 0) is 22.6 Å². The topological polar surface area (TPSA) is 48.1 Å². The quantitative estimate of drug-likeness (QED) is 0.659. The average molecular weight is 368 g/mol. The number of aromatic nitrogens is 1. The summed E-state index contributed by atoms with van der Waals surface area (Å²) < 4.78 is 64.6. The smallest absolute Gasteiger partial charge is 0.404 e. The maximum absolute atomic E-state index is 12.7. The van der Waals surface area contributed by atoms with Gasteiger partial charge < -0.3 is 10.5 Å². The van der Waals surface area contributed by atoms with Crippen molar-refractivity contribution in [3.05, 3.63) is 21.0 Å². The zero-order valence-corrected chi connectivity index (χ0v) is 10.2. The molecule has 2 N–H and O–H groups in total. The molecule has 0 aromatic carbocycles. The molecule has 0 radical (unpaired) electrons. The van der Waals surface area contributed by atoms with Gasteiger partial charge in [-0.3, -0.25) is 4.98 Å². The van der Waals surface area contributed by atoms with Crippen molar-refractivity contribution in [2.24, 2.45) is 5.73 Å². The summed E-state index contributed by atoms with van der Waals surface area (Å²) >= 11 is 1.46. The Morgan fingerprint density at radius 3 is 2.41 bits per heavy atom. The Kier molecular flexibility index (Phi) is 4.47. The summed E-state index contributed by atoms with van der Waals surface area (Å²) in [5.41, 5.74) is 4.47. The lowest BCUT2D eigenvalue weighted by atomic mass is 10.2. The predicted octanol–water partition coefficient (Wildman–Crippen LogP) is 2.98. The summed E-state index contributed by atoms with van der Waals surface area (Å²) in [6.45, 7) is -0.149. The normalized spacial score (nSPS) is 12.0. The van der Waals surface area contributed by atoms with Crippen molar-refractivity contribution >= 4 is 22.6 Å². The molecular weight excluding hydrogens is 362 g/mol. The predicted molar refractivity (Wildman–Crippen MR) is 56.5 cm³/mol. The van der Waals surface area contributed by atoms with Crippen molar-refractivity contribution in [2.45, 2.75) is 19.3 Å². The zero-order chi connectivity index (χ0) is 13.2. The minimum Gasteiger partial charge on any atom is -0.404 e. The van der Waals surface area contributed by atoms with Gasteiger partial charge in [0, 0.05) is 10.1 Å². The van der Waals surface area contributed by atoms with E-state index >= 15 is 0 Å². The molecule has 0 spiro atoms. The molecule has 17 heavy (non-hydrogen) atoms. The molecule has 0 unspecified atom stereocenters. The molecule has 1 rings (SSSR count). The Hall–Kier alpha value is -0.710. The molecular formula is C8H6F5IN2O. The second-order valence-electron chi connectivity index (χ2n) is 2.85. The van der Waals surface area contributed by atoms with Crippen LogP contribution in [0, 0.1) is 3.57 Å². The summed E-state index contributed by atoms with van der Waals surface area (Å²) in [6, 6.07) is 0. The van der Waals surface area contributed by atoms with Crippen molar-refractivity contribution in [3.63, 3.8) is 0 Å². The molecule has 9 heteroatoms. The number of nitrogens with zero attached hydrogens (tertiary/aromatic N) is 1. The third kappa shape index (κ3) is 3.63.